The van der Waals surface area contributed by atoms with E-state index >= 15 is 13.2 Å². The Morgan fingerprint density at radius 2 is 0.931 bits per heavy atom. The van der Waals surface area contributed by atoms with Crippen molar-refractivity contribution < 1.29 is 52.7 Å². The fourth-order valence-corrected chi connectivity index (χ4v) is 16.4. The molecule has 0 N–H and O–H groups in total. The summed E-state index contributed by atoms with van der Waals surface area (Å²) in [7, 11) is -3.99. The zero-order chi connectivity index (χ0) is 42.7. The minimum absolute atomic E-state index is 0.0453. The minimum Gasteiger partial charge on any atom is -0.166 e. The highest BCUT2D eigenvalue weighted by Gasteiger charge is 2.48. The van der Waals surface area contributed by atoms with Crippen molar-refractivity contribution >= 4 is 37.1 Å². The highest BCUT2D eigenvalue weighted by molar-refractivity contribution is 7.74. The van der Waals surface area contributed by atoms with Gasteiger partial charge in [0.2, 0.25) is 0 Å². The topological polar surface area (TPSA) is 0 Å². The lowest BCUT2D eigenvalue weighted by Crippen LogP contribution is -2.36. The summed E-state index contributed by atoms with van der Waals surface area (Å²) in [5.41, 5.74) is -4.22. The molecule has 2 saturated carbocycles. The van der Waals surface area contributed by atoms with Crippen LogP contribution in [-0.2, 0) is 24.7 Å². The van der Waals surface area contributed by atoms with Crippen LogP contribution in [0.4, 0.5) is 52.7 Å². The molecule has 0 aliphatic heterocycles. The lowest BCUT2D eigenvalue weighted by Gasteiger charge is -2.39. The number of benzene rings is 4. The monoisotopic (exact) mass is 862 g/mol. The Balaban J connectivity index is 1.68. The number of hydrogen-bond donors (Lipinski definition) is 0. The molecule has 2 aliphatic carbocycles. The first-order valence-corrected chi connectivity index (χ1v) is 22.0. The normalized spacial score (nSPS) is 19.6. The van der Waals surface area contributed by atoms with Gasteiger partial charge < -0.3 is 0 Å². The van der Waals surface area contributed by atoms with Gasteiger partial charge in [-0.3, -0.25) is 0 Å². The van der Waals surface area contributed by atoms with Gasteiger partial charge in [0.25, 0.3) is 0 Å². The molecule has 0 bridgehead atoms. The number of hydrogen-bond acceptors (Lipinski definition) is 0. The molecule has 2 fully saturated rings. The Kier molecular flexibility index (Phi) is 12.6. The van der Waals surface area contributed by atoms with Crippen molar-refractivity contribution in [3.8, 4) is 0 Å². The van der Waals surface area contributed by atoms with Crippen molar-refractivity contribution in [3.05, 3.63) is 117 Å². The summed E-state index contributed by atoms with van der Waals surface area (Å²) in [4.78, 5) is 0. The number of alkyl halides is 12. The van der Waals surface area contributed by atoms with Crippen LogP contribution in [-0.4, -0.2) is 11.3 Å². The maximum atomic E-state index is 15.1. The molecular weight excluding hydrogens is 818 g/mol. The van der Waals surface area contributed by atoms with Crippen LogP contribution in [0.25, 0.3) is 0 Å². The van der Waals surface area contributed by atoms with Crippen LogP contribution in [0.15, 0.2) is 66.7 Å². The number of aryl methyl sites for hydroxylation is 4. The first-order chi connectivity index (χ1) is 26.8. The highest BCUT2D eigenvalue weighted by atomic mass is 31.1. The number of rotatable bonds is 8. The van der Waals surface area contributed by atoms with Crippen molar-refractivity contribution in [1.29, 1.82) is 0 Å². The van der Waals surface area contributed by atoms with Gasteiger partial charge in [0.1, 0.15) is 0 Å². The van der Waals surface area contributed by atoms with Gasteiger partial charge >= 0.3 is 24.7 Å². The highest BCUT2D eigenvalue weighted by Crippen LogP contribution is 2.59. The summed E-state index contributed by atoms with van der Waals surface area (Å²) in [5.74, 6) is -1.37. The summed E-state index contributed by atoms with van der Waals surface area (Å²) in [6.07, 6.45) is -18.8. The second kappa shape index (κ2) is 16.4. The summed E-state index contributed by atoms with van der Waals surface area (Å²) < 4.78 is 176. The van der Waals surface area contributed by atoms with Crippen LogP contribution in [0.5, 0.6) is 0 Å². The Morgan fingerprint density at radius 1 is 0.483 bits per heavy atom. The molecule has 4 atom stereocenters. The van der Waals surface area contributed by atoms with E-state index in [1.807, 2.05) is 71.0 Å². The fourth-order valence-electron chi connectivity index (χ4n) is 9.31. The van der Waals surface area contributed by atoms with Gasteiger partial charge in [-0.05, 0) is 149 Å². The van der Waals surface area contributed by atoms with Crippen molar-refractivity contribution in [2.75, 3.05) is 0 Å². The summed E-state index contributed by atoms with van der Waals surface area (Å²) in [5, 5.41) is 0.991. The van der Waals surface area contributed by atoms with Crippen molar-refractivity contribution in [1.82, 2.24) is 0 Å². The van der Waals surface area contributed by atoms with Crippen molar-refractivity contribution in [2.45, 2.75) is 122 Å². The SMILES string of the molecule is Cc1cc(C)cc(P(c2cc(C)cc(C)c2)C(C)C2CCCC2P(c2cc(C(F)(F)F)cc(C(F)(F)F)c2)c2cc(C(F)(F)F)cc(C(F)(F)F)c2C2CCCC2)c1. The van der Waals surface area contributed by atoms with Crippen LogP contribution >= 0.6 is 15.8 Å². The van der Waals surface area contributed by atoms with Crippen LogP contribution in [0, 0.1) is 33.6 Å². The van der Waals surface area contributed by atoms with Gasteiger partial charge in [-0.15, -0.1) is 0 Å². The van der Waals surface area contributed by atoms with Crippen molar-refractivity contribution in [2.24, 2.45) is 5.92 Å². The molecule has 314 valence electrons. The van der Waals surface area contributed by atoms with E-state index in [1.165, 1.54) is 0 Å². The van der Waals surface area contributed by atoms with Gasteiger partial charge in [0, 0.05) is 0 Å². The Bertz CT molecular complexity index is 2000. The van der Waals surface area contributed by atoms with Crippen LogP contribution in [0.1, 0.15) is 108 Å². The predicted molar refractivity (Wildman–Crippen MR) is 209 cm³/mol. The first-order valence-electron chi connectivity index (χ1n) is 19.2. The third-order valence-corrected chi connectivity index (χ3v) is 17.4. The standard InChI is InChI=1S/C44H44F12P2/c1-24-13-25(2)16-33(15-24)57(34-17-26(3)14-27(4)18-34)28(5)36-11-8-12-38(36)58(35-20-30(41(45,46)47)19-31(21-35)42(48,49)50)39-23-32(43(51,52)53)22-37(44(54,55)56)40(39)29-9-6-7-10-29/h13-23,28-29,36,38H,6-12H2,1-5H3. The molecular formula is C44H44F12P2. The first kappa shape index (κ1) is 44.5. The molecule has 14 heteroatoms. The Labute approximate surface area is 333 Å². The molecule has 0 saturated heterocycles. The van der Waals surface area contributed by atoms with Gasteiger partial charge in [-0.1, -0.05) is 84.8 Å². The van der Waals surface area contributed by atoms with E-state index in [4.69, 9.17) is 0 Å². The van der Waals surface area contributed by atoms with E-state index in [9.17, 15) is 39.5 Å². The predicted octanol–water partition coefficient (Wildman–Crippen LogP) is 13.8. The van der Waals surface area contributed by atoms with Gasteiger partial charge in [-0.2, -0.15) is 52.7 Å². The number of halogens is 12. The summed E-state index contributed by atoms with van der Waals surface area (Å²) in [6, 6.07) is 13.9. The molecule has 0 heterocycles. The molecule has 0 nitrogen and oxygen atoms in total. The summed E-state index contributed by atoms with van der Waals surface area (Å²) in [6.45, 7) is 9.73. The quantitative estimate of drug-likeness (QED) is 0.122. The molecule has 4 unspecified atom stereocenters. The van der Waals surface area contributed by atoms with E-state index in [0.29, 0.717) is 43.9 Å². The molecule has 6 rings (SSSR count). The minimum atomic E-state index is -5.29. The Morgan fingerprint density at radius 3 is 1.36 bits per heavy atom. The molecule has 0 aromatic heterocycles. The van der Waals surface area contributed by atoms with Crippen molar-refractivity contribution in [3.63, 3.8) is 0 Å². The lowest BCUT2D eigenvalue weighted by molar-refractivity contribution is -0.144. The molecule has 4 aromatic rings. The average Bonchev–Trinajstić information content (AvgIpc) is 3.79. The smallest absolute Gasteiger partial charge is 0.166 e. The molecule has 0 spiro atoms. The molecule has 0 radical (unpaired) electrons. The van der Waals surface area contributed by atoms with Gasteiger partial charge in [0.05, 0.1) is 22.3 Å². The fraction of sp³-hybridized carbons (Fsp3) is 0.455. The van der Waals surface area contributed by atoms with E-state index < -0.39 is 96.5 Å². The van der Waals surface area contributed by atoms with Gasteiger partial charge in [0.15, 0.2) is 0 Å². The zero-order valence-electron chi connectivity index (χ0n) is 32.5. The molecule has 2 aliphatic rings. The third kappa shape index (κ3) is 9.59. The maximum absolute atomic E-state index is 15.1. The largest absolute Gasteiger partial charge is 0.416 e. The second-order valence-electron chi connectivity index (χ2n) is 16.0. The molecule has 58 heavy (non-hydrogen) atoms. The molecule has 0 amide bonds. The van der Waals surface area contributed by atoms with Crippen LogP contribution in [0.3, 0.4) is 0 Å². The van der Waals surface area contributed by atoms with Gasteiger partial charge in [-0.25, -0.2) is 0 Å². The lowest BCUT2D eigenvalue weighted by atomic mass is 9.91. The van der Waals surface area contributed by atoms with E-state index in [0.717, 1.165) is 32.9 Å². The average molecular weight is 863 g/mol. The third-order valence-electron chi connectivity index (χ3n) is 11.5. The zero-order valence-corrected chi connectivity index (χ0v) is 34.3. The van der Waals surface area contributed by atoms with E-state index in [1.54, 1.807) is 0 Å². The van der Waals surface area contributed by atoms with E-state index in [2.05, 4.69) is 0 Å². The second-order valence-corrected chi connectivity index (χ2v) is 21.0. The maximum Gasteiger partial charge on any atom is 0.416 e. The molecule has 4 aromatic carbocycles. The van der Waals surface area contributed by atoms with Crippen LogP contribution in [0.2, 0.25) is 0 Å². The Hall–Kier alpha value is -3.10. The van der Waals surface area contributed by atoms with Crippen LogP contribution < -0.4 is 21.2 Å². The summed E-state index contributed by atoms with van der Waals surface area (Å²) >= 11 is 0. The van der Waals surface area contributed by atoms with E-state index in [-0.39, 0.29) is 37.1 Å².